The zero-order chi connectivity index (χ0) is 10.7. The van der Waals surface area contributed by atoms with Crippen LogP contribution in [0.25, 0.3) is 0 Å². The third kappa shape index (κ3) is 2.27. The lowest BCUT2D eigenvalue weighted by atomic mass is 10.3. The maximum absolute atomic E-state index is 10.6. The Hall–Kier alpha value is -1.47. The van der Waals surface area contributed by atoms with Crippen LogP contribution in [-0.4, -0.2) is 20.7 Å². The third-order valence-corrected chi connectivity index (χ3v) is 2.34. The van der Waals surface area contributed by atoms with Crippen LogP contribution in [0.5, 0.6) is 0 Å². The second kappa shape index (κ2) is 4.16. The topological polar surface area (TPSA) is 83.7 Å². The Morgan fingerprint density at radius 3 is 2.29 bits per heavy atom. The predicted octanol–water partition coefficient (Wildman–Crippen LogP) is 1.17. The lowest BCUT2D eigenvalue weighted by Gasteiger charge is -2.12. The van der Waals surface area contributed by atoms with Crippen molar-refractivity contribution in [3.8, 4) is 0 Å². The zero-order valence-electron chi connectivity index (χ0n) is 7.28. The van der Waals surface area contributed by atoms with Crippen LogP contribution >= 0.6 is 0 Å². The van der Waals surface area contributed by atoms with Gasteiger partial charge in [-0.3, -0.25) is 19.0 Å². The second-order valence-corrected chi connectivity index (χ2v) is 3.51. The fraction of sp³-hybridized carbons (Fsp3) is 0.143. The van der Waals surface area contributed by atoms with Gasteiger partial charge >= 0.3 is 0 Å². The van der Waals surface area contributed by atoms with Gasteiger partial charge in [-0.25, -0.2) is 4.21 Å². The second-order valence-electron chi connectivity index (χ2n) is 2.50. The van der Waals surface area contributed by atoms with Crippen molar-refractivity contribution in [2.24, 2.45) is 0 Å². The van der Waals surface area contributed by atoms with Crippen LogP contribution in [0.15, 0.2) is 24.3 Å². The fourth-order valence-electron chi connectivity index (χ4n) is 0.874. The molecular weight excluding hydrogens is 208 g/mol. The maximum Gasteiger partial charge on any atom is 0.269 e. The number of non-ortho nitro benzene ring substituents is 1. The zero-order valence-corrected chi connectivity index (χ0v) is 8.10. The number of hydrogen-bond donors (Lipinski definition) is 1. The summed E-state index contributed by atoms with van der Waals surface area (Å²) in [6.45, 7) is 0. The van der Waals surface area contributed by atoms with Gasteiger partial charge in [0.2, 0.25) is 0 Å². The molecule has 14 heavy (non-hydrogen) atoms. The Labute approximate surface area is 82.7 Å². The summed E-state index contributed by atoms with van der Waals surface area (Å²) in [5.74, 6) is 0. The van der Waals surface area contributed by atoms with E-state index in [2.05, 4.69) is 0 Å². The number of anilines is 1. The molecule has 1 aromatic carbocycles. The Morgan fingerprint density at radius 2 is 1.93 bits per heavy atom. The molecule has 6 nitrogen and oxygen atoms in total. The van der Waals surface area contributed by atoms with Crippen LogP contribution in [0.1, 0.15) is 0 Å². The maximum atomic E-state index is 10.6. The first-order chi connectivity index (χ1) is 6.52. The van der Waals surface area contributed by atoms with E-state index >= 15 is 0 Å². The SMILES string of the molecule is CN(c1ccc([N+](=O)[O-])cc1)S(=O)O. The molecule has 0 spiro atoms. The number of benzene rings is 1. The molecule has 1 N–H and O–H groups in total. The highest BCUT2D eigenvalue weighted by Gasteiger charge is 2.08. The smallest absolute Gasteiger partial charge is 0.269 e. The molecule has 0 fully saturated rings. The van der Waals surface area contributed by atoms with Crippen LogP contribution in [0.4, 0.5) is 11.4 Å². The average molecular weight is 216 g/mol. The Balaban J connectivity index is 2.94. The van der Waals surface area contributed by atoms with Crippen molar-refractivity contribution in [1.29, 1.82) is 0 Å². The molecule has 0 saturated carbocycles. The van der Waals surface area contributed by atoms with Crippen molar-refractivity contribution in [2.75, 3.05) is 11.4 Å². The van der Waals surface area contributed by atoms with Crippen molar-refractivity contribution < 1.29 is 13.7 Å². The summed E-state index contributed by atoms with van der Waals surface area (Å²) in [5, 5.41) is 10.3. The molecule has 76 valence electrons. The van der Waals surface area contributed by atoms with Gasteiger partial charge in [0, 0.05) is 19.2 Å². The minimum Gasteiger partial charge on any atom is -0.289 e. The first kappa shape index (κ1) is 10.6. The molecule has 0 aliphatic carbocycles. The minimum absolute atomic E-state index is 0.0501. The van der Waals surface area contributed by atoms with E-state index in [0.717, 1.165) is 4.31 Å². The quantitative estimate of drug-likeness (QED) is 0.467. The summed E-state index contributed by atoms with van der Waals surface area (Å²) in [5.41, 5.74) is 0.391. The van der Waals surface area contributed by atoms with Crippen LogP contribution < -0.4 is 4.31 Å². The summed E-state index contributed by atoms with van der Waals surface area (Å²) in [7, 11) is 1.41. The van der Waals surface area contributed by atoms with Crippen molar-refractivity contribution in [2.45, 2.75) is 0 Å². The molecule has 0 amide bonds. The number of hydrogen-bond acceptors (Lipinski definition) is 3. The van der Waals surface area contributed by atoms with Gasteiger partial charge in [-0.05, 0) is 12.1 Å². The number of nitro benzene ring substituents is 1. The van der Waals surface area contributed by atoms with E-state index in [0.29, 0.717) is 5.69 Å². The van der Waals surface area contributed by atoms with Crippen LogP contribution in [0, 0.1) is 10.1 Å². The fourth-order valence-corrected chi connectivity index (χ4v) is 1.18. The highest BCUT2D eigenvalue weighted by molar-refractivity contribution is 7.80. The molecule has 0 aliphatic heterocycles. The molecule has 0 heterocycles. The van der Waals surface area contributed by atoms with Crippen LogP contribution in [0.2, 0.25) is 0 Å². The summed E-state index contributed by atoms with van der Waals surface area (Å²) in [6, 6.07) is 5.37. The first-order valence-corrected chi connectivity index (χ1v) is 4.68. The van der Waals surface area contributed by atoms with Gasteiger partial charge in [0.05, 0.1) is 10.6 Å². The molecule has 1 atom stereocenters. The van der Waals surface area contributed by atoms with Crippen molar-refractivity contribution in [3.63, 3.8) is 0 Å². The van der Waals surface area contributed by atoms with E-state index in [-0.39, 0.29) is 5.69 Å². The largest absolute Gasteiger partial charge is 0.289 e. The van der Waals surface area contributed by atoms with Gasteiger partial charge in [0.1, 0.15) is 0 Å². The molecule has 1 rings (SSSR count). The van der Waals surface area contributed by atoms with Crippen molar-refractivity contribution in [1.82, 2.24) is 0 Å². The molecule has 0 aliphatic rings. The van der Waals surface area contributed by atoms with E-state index in [1.165, 1.54) is 31.3 Å². The lowest BCUT2D eigenvalue weighted by molar-refractivity contribution is -0.384. The highest BCUT2D eigenvalue weighted by atomic mass is 32.2. The number of nitrogens with zero attached hydrogens (tertiary/aromatic N) is 2. The van der Waals surface area contributed by atoms with Gasteiger partial charge in [0.25, 0.3) is 17.0 Å². The number of nitro groups is 1. The van der Waals surface area contributed by atoms with E-state index in [4.69, 9.17) is 4.55 Å². The van der Waals surface area contributed by atoms with Gasteiger partial charge < -0.3 is 0 Å². The highest BCUT2D eigenvalue weighted by Crippen LogP contribution is 2.18. The van der Waals surface area contributed by atoms with E-state index in [1.807, 2.05) is 0 Å². The van der Waals surface area contributed by atoms with Gasteiger partial charge in [-0.15, -0.1) is 0 Å². The monoisotopic (exact) mass is 216 g/mol. The molecule has 0 saturated heterocycles. The minimum atomic E-state index is -2.12. The third-order valence-electron chi connectivity index (χ3n) is 1.66. The van der Waals surface area contributed by atoms with Crippen LogP contribution in [-0.2, 0) is 11.3 Å². The summed E-state index contributed by atoms with van der Waals surface area (Å²) >= 11 is -2.12. The molecule has 0 aromatic heterocycles. The summed E-state index contributed by atoms with van der Waals surface area (Å²) < 4.78 is 20.4. The van der Waals surface area contributed by atoms with Gasteiger partial charge in [-0.1, -0.05) is 0 Å². The molecule has 0 radical (unpaired) electrons. The van der Waals surface area contributed by atoms with Crippen molar-refractivity contribution >= 4 is 22.6 Å². The van der Waals surface area contributed by atoms with Crippen molar-refractivity contribution in [3.05, 3.63) is 34.4 Å². The standard InChI is InChI=1S/C7H8N2O4S/c1-8(14(12)13)6-2-4-7(5-3-6)9(10)11/h2-5H,1H3,(H,12,13). The van der Waals surface area contributed by atoms with Gasteiger partial charge in [-0.2, -0.15) is 0 Å². The molecule has 1 aromatic rings. The molecule has 1 unspecified atom stereocenters. The normalized spacial score (nSPS) is 12.1. The molecule has 7 heteroatoms. The summed E-state index contributed by atoms with van der Waals surface area (Å²) in [4.78, 5) is 9.77. The Kier molecular flexibility index (Phi) is 3.15. The Morgan fingerprint density at radius 1 is 1.43 bits per heavy atom. The Bertz CT molecular complexity index is 364. The predicted molar refractivity (Wildman–Crippen MR) is 52.3 cm³/mol. The van der Waals surface area contributed by atoms with Crippen LogP contribution in [0.3, 0.4) is 0 Å². The van der Waals surface area contributed by atoms with E-state index in [1.54, 1.807) is 0 Å². The van der Waals surface area contributed by atoms with Gasteiger partial charge in [0.15, 0.2) is 0 Å². The molecule has 0 bridgehead atoms. The lowest BCUT2D eigenvalue weighted by Crippen LogP contribution is -2.18. The first-order valence-electron chi connectivity index (χ1n) is 3.61. The number of rotatable bonds is 3. The van der Waals surface area contributed by atoms with E-state index < -0.39 is 16.2 Å². The van der Waals surface area contributed by atoms with E-state index in [9.17, 15) is 14.3 Å². The molecular formula is C7H8N2O4S. The average Bonchev–Trinajstić information content (AvgIpc) is 2.16. The summed E-state index contributed by atoms with van der Waals surface area (Å²) in [6.07, 6.45) is 0.